The number of likely N-dealkylation sites (N-methyl/N-ethyl adjacent to an activating group) is 1. The zero-order valence-electron chi connectivity index (χ0n) is 19.8. The second-order valence-electron chi connectivity index (χ2n) is 8.88. The third-order valence-corrected chi connectivity index (χ3v) is 6.29. The minimum Gasteiger partial charge on any atom is -0.423 e. The molecule has 1 aliphatic rings. The first-order valence-corrected chi connectivity index (χ1v) is 11.8. The van der Waals surface area contributed by atoms with E-state index in [1.54, 1.807) is 35.4 Å². The van der Waals surface area contributed by atoms with Crippen LogP contribution >= 0.6 is 11.6 Å². The molecule has 4 heterocycles. The summed E-state index contributed by atoms with van der Waals surface area (Å²) in [6, 6.07) is 4.98. The van der Waals surface area contributed by atoms with Crippen molar-refractivity contribution in [3.8, 4) is 0 Å². The Morgan fingerprint density at radius 2 is 2.17 bits per heavy atom. The van der Waals surface area contributed by atoms with Crippen molar-refractivity contribution in [1.29, 1.82) is 0 Å². The third kappa shape index (κ3) is 4.62. The molecule has 0 aliphatic carbocycles. The van der Waals surface area contributed by atoms with Gasteiger partial charge in [-0.25, -0.2) is 9.97 Å². The Labute approximate surface area is 211 Å². The average Bonchev–Trinajstić information content (AvgIpc) is 3.55. The maximum Gasteiger partial charge on any atom is 0.302 e. The van der Waals surface area contributed by atoms with Crippen LogP contribution in [0.1, 0.15) is 22.8 Å². The molecule has 0 saturated carbocycles. The van der Waals surface area contributed by atoms with Crippen LogP contribution in [-0.4, -0.2) is 74.9 Å². The number of anilines is 2. The Hall–Kier alpha value is -3.96. The number of nitrogens with one attached hydrogen (secondary N) is 1. The number of hydrogen-bond acceptors (Lipinski definition) is 8. The highest BCUT2D eigenvalue weighted by atomic mass is 35.5. The minimum atomic E-state index is -0.463. The lowest BCUT2D eigenvalue weighted by Gasteiger charge is -2.16. The number of oxazole rings is 1. The van der Waals surface area contributed by atoms with E-state index in [2.05, 4.69) is 20.3 Å². The standard InChI is InChI=1S/C24H25ClN8O3/c1-31(2)8-3-4-19(34)32-9-7-15(11-32)33-12-16(20-21(26)27-13-28-22(20)33)23(35)30-24-29-17-10-14(25)5-6-18(17)36-24/h3-6,10,12-13,15H,7-9,11H2,1-2H3,(H2,26,27,28)(H,29,30,35). The number of aromatic nitrogens is 4. The fourth-order valence-electron chi connectivity index (χ4n) is 4.32. The number of benzene rings is 1. The van der Waals surface area contributed by atoms with E-state index in [0.717, 1.165) is 0 Å². The van der Waals surface area contributed by atoms with Gasteiger partial charge in [0.25, 0.3) is 5.91 Å². The SMILES string of the molecule is CN(C)CC=CC(=O)N1CCC(n2cc(C(=O)Nc3nc4cc(Cl)ccc4o3)c3c(N)ncnc32)C1. The van der Waals surface area contributed by atoms with E-state index in [1.807, 2.05) is 29.6 Å². The Bertz CT molecular complexity index is 1490. The number of hydrogen-bond donors (Lipinski definition) is 2. The Morgan fingerprint density at radius 1 is 1.33 bits per heavy atom. The molecule has 0 spiro atoms. The number of nitrogens with two attached hydrogens (primary N) is 1. The largest absolute Gasteiger partial charge is 0.423 e. The molecule has 1 fully saturated rings. The van der Waals surface area contributed by atoms with Crippen molar-refractivity contribution < 1.29 is 14.0 Å². The number of nitrogens with zero attached hydrogens (tertiary/aromatic N) is 6. The van der Waals surface area contributed by atoms with Gasteiger partial charge in [-0.3, -0.25) is 14.9 Å². The van der Waals surface area contributed by atoms with Gasteiger partial charge in [0.2, 0.25) is 5.91 Å². The molecule has 12 heteroatoms. The number of nitrogen functional groups attached to an aromatic ring is 1. The summed E-state index contributed by atoms with van der Waals surface area (Å²) in [6.07, 6.45) is 7.22. The van der Waals surface area contributed by atoms with Crippen LogP contribution in [0, 0.1) is 0 Å². The summed E-state index contributed by atoms with van der Waals surface area (Å²) in [6.45, 7) is 1.78. The number of halogens is 1. The van der Waals surface area contributed by atoms with Crippen molar-refractivity contribution >= 4 is 57.4 Å². The third-order valence-electron chi connectivity index (χ3n) is 6.05. The van der Waals surface area contributed by atoms with Gasteiger partial charge in [-0.2, -0.15) is 4.98 Å². The van der Waals surface area contributed by atoms with Gasteiger partial charge in [0, 0.05) is 36.9 Å². The number of amides is 2. The highest BCUT2D eigenvalue weighted by molar-refractivity contribution is 6.31. The van der Waals surface area contributed by atoms with Crippen LogP contribution in [0.25, 0.3) is 22.1 Å². The predicted octanol–water partition coefficient (Wildman–Crippen LogP) is 2.95. The van der Waals surface area contributed by atoms with Crippen LogP contribution in [0.2, 0.25) is 5.02 Å². The fourth-order valence-corrected chi connectivity index (χ4v) is 4.48. The average molecular weight is 509 g/mol. The normalized spacial score (nSPS) is 16.1. The van der Waals surface area contributed by atoms with E-state index in [0.29, 0.717) is 58.8 Å². The summed E-state index contributed by atoms with van der Waals surface area (Å²) in [5.74, 6) is -0.319. The van der Waals surface area contributed by atoms with Gasteiger partial charge in [0.05, 0.1) is 17.0 Å². The van der Waals surface area contributed by atoms with E-state index in [9.17, 15) is 9.59 Å². The maximum absolute atomic E-state index is 13.3. The number of carbonyl (C=O) groups is 2. The second kappa shape index (κ2) is 9.59. The van der Waals surface area contributed by atoms with E-state index in [-0.39, 0.29) is 23.8 Å². The van der Waals surface area contributed by atoms with Crippen LogP contribution in [-0.2, 0) is 4.79 Å². The molecule has 4 aromatic rings. The number of carbonyl (C=O) groups excluding carboxylic acids is 2. The zero-order chi connectivity index (χ0) is 25.4. The summed E-state index contributed by atoms with van der Waals surface area (Å²) in [4.78, 5) is 42.4. The highest BCUT2D eigenvalue weighted by Crippen LogP contribution is 2.31. The van der Waals surface area contributed by atoms with Gasteiger partial charge in [-0.05, 0) is 38.7 Å². The lowest BCUT2D eigenvalue weighted by molar-refractivity contribution is -0.125. The van der Waals surface area contributed by atoms with Crippen molar-refractivity contribution in [2.24, 2.45) is 0 Å². The first-order chi connectivity index (χ1) is 17.3. The van der Waals surface area contributed by atoms with Gasteiger partial charge in [0.15, 0.2) is 5.58 Å². The molecule has 3 aromatic heterocycles. The molecule has 0 bridgehead atoms. The van der Waals surface area contributed by atoms with Gasteiger partial charge in [0.1, 0.15) is 23.3 Å². The molecule has 1 atom stereocenters. The molecular formula is C24H25ClN8O3. The van der Waals surface area contributed by atoms with Crippen molar-refractivity contribution in [3.05, 3.63) is 53.5 Å². The predicted molar refractivity (Wildman–Crippen MR) is 137 cm³/mol. The topological polar surface area (TPSA) is 135 Å². The second-order valence-corrected chi connectivity index (χ2v) is 9.32. The summed E-state index contributed by atoms with van der Waals surface area (Å²) in [7, 11) is 3.89. The van der Waals surface area contributed by atoms with E-state index >= 15 is 0 Å². The van der Waals surface area contributed by atoms with Crippen LogP contribution in [0.3, 0.4) is 0 Å². The van der Waals surface area contributed by atoms with Crippen LogP contribution in [0.5, 0.6) is 0 Å². The fraction of sp³-hybridized carbons (Fsp3) is 0.292. The molecule has 0 radical (unpaired) electrons. The van der Waals surface area contributed by atoms with Gasteiger partial charge < -0.3 is 24.5 Å². The van der Waals surface area contributed by atoms with E-state index in [4.69, 9.17) is 21.8 Å². The van der Waals surface area contributed by atoms with E-state index < -0.39 is 5.91 Å². The van der Waals surface area contributed by atoms with Crippen LogP contribution < -0.4 is 11.1 Å². The molecule has 1 unspecified atom stereocenters. The molecule has 1 aliphatic heterocycles. The summed E-state index contributed by atoms with van der Waals surface area (Å²) in [5, 5.41) is 3.64. The molecule has 36 heavy (non-hydrogen) atoms. The quantitative estimate of drug-likeness (QED) is 0.379. The minimum absolute atomic E-state index is 0.0377. The summed E-state index contributed by atoms with van der Waals surface area (Å²) < 4.78 is 7.52. The number of likely N-dealkylation sites (tertiary alicyclic amines) is 1. The van der Waals surface area contributed by atoms with Crippen molar-refractivity contribution in [2.75, 3.05) is 44.8 Å². The van der Waals surface area contributed by atoms with Crippen molar-refractivity contribution in [2.45, 2.75) is 12.5 Å². The smallest absolute Gasteiger partial charge is 0.302 e. The van der Waals surface area contributed by atoms with Gasteiger partial charge in [-0.15, -0.1) is 0 Å². The first-order valence-electron chi connectivity index (χ1n) is 11.4. The van der Waals surface area contributed by atoms with Crippen molar-refractivity contribution in [1.82, 2.24) is 29.3 Å². The molecule has 1 saturated heterocycles. The molecule has 3 N–H and O–H groups in total. The highest BCUT2D eigenvalue weighted by Gasteiger charge is 2.30. The summed E-state index contributed by atoms with van der Waals surface area (Å²) >= 11 is 6.01. The Balaban J connectivity index is 1.40. The van der Waals surface area contributed by atoms with Gasteiger partial charge >= 0.3 is 6.01 Å². The number of rotatable bonds is 6. The molecule has 186 valence electrons. The maximum atomic E-state index is 13.3. The Morgan fingerprint density at radius 3 is 2.97 bits per heavy atom. The Kier molecular flexibility index (Phi) is 6.33. The van der Waals surface area contributed by atoms with Crippen LogP contribution in [0.4, 0.5) is 11.8 Å². The molecule has 2 amide bonds. The van der Waals surface area contributed by atoms with Gasteiger partial charge in [-0.1, -0.05) is 17.7 Å². The first kappa shape index (κ1) is 23.8. The van der Waals surface area contributed by atoms with Crippen molar-refractivity contribution in [3.63, 3.8) is 0 Å². The zero-order valence-corrected chi connectivity index (χ0v) is 20.6. The summed E-state index contributed by atoms with van der Waals surface area (Å²) in [5.41, 5.74) is 8.00. The number of fused-ring (bicyclic) bond motifs is 2. The molecule has 11 nitrogen and oxygen atoms in total. The monoisotopic (exact) mass is 508 g/mol. The van der Waals surface area contributed by atoms with E-state index in [1.165, 1.54) is 6.33 Å². The molecular weight excluding hydrogens is 484 g/mol. The lowest BCUT2D eigenvalue weighted by Crippen LogP contribution is -2.27. The lowest BCUT2D eigenvalue weighted by atomic mass is 10.2. The molecule has 5 rings (SSSR count). The molecule has 1 aromatic carbocycles. The van der Waals surface area contributed by atoms with Crippen LogP contribution in [0.15, 0.2) is 47.3 Å².